The minimum Gasteiger partial charge on any atom is -0.331 e. The highest BCUT2D eigenvalue weighted by Gasteiger charge is 2.05. The van der Waals surface area contributed by atoms with E-state index in [0.29, 0.717) is 0 Å². The van der Waals surface area contributed by atoms with Gasteiger partial charge in [-0.25, -0.2) is 0 Å². The lowest BCUT2D eigenvalue weighted by Crippen LogP contribution is -2.00. The van der Waals surface area contributed by atoms with E-state index in [-0.39, 0.29) is 0 Å². The van der Waals surface area contributed by atoms with Crippen LogP contribution < -0.4 is 11.5 Å². The molecule has 120 valence electrons. The third-order valence-electron chi connectivity index (χ3n) is 2.26. The quantitative estimate of drug-likeness (QED) is 0.733. The molecular weight excluding hydrogens is 244 g/mol. The van der Waals surface area contributed by atoms with Crippen LogP contribution in [0.4, 0.5) is 0 Å². The fraction of sp³-hybridized carbons (Fsp3) is 0.667. The van der Waals surface area contributed by atoms with Crippen LogP contribution in [0.2, 0.25) is 0 Å². The van der Waals surface area contributed by atoms with Gasteiger partial charge in [-0.2, -0.15) is 0 Å². The molecule has 2 heteroatoms. The molecule has 20 heavy (non-hydrogen) atoms. The van der Waals surface area contributed by atoms with Gasteiger partial charge < -0.3 is 11.5 Å². The molecule has 1 aliphatic carbocycles. The number of benzene rings is 1. The molecule has 4 N–H and O–H groups in total. The van der Waals surface area contributed by atoms with Crippen LogP contribution >= 0.6 is 0 Å². The van der Waals surface area contributed by atoms with Gasteiger partial charge in [0.25, 0.3) is 0 Å². The van der Waals surface area contributed by atoms with Crippen LogP contribution in [-0.4, -0.2) is 13.1 Å². The van der Waals surface area contributed by atoms with Gasteiger partial charge in [-0.3, -0.25) is 0 Å². The van der Waals surface area contributed by atoms with Crippen LogP contribution in [0, 0.1) is 0 Å². The molecule has 0 saturated heterocycles. The summed E-state index contributed by atoms with van der Waals surface area (Å²) in [5.74, 6) is 0. The molecule has 1 aromatic rings. The number of fused-ring (bicyclic) bond motifs is 1. The maximum absolute atomic E-state index is 4.85. The minimum atomic E-state index is 0.750. The van der Waals surface area contributed by atoms with Gasteiger partial charge in [0.2, 0.25) is 0 Å². The first kappa shape index (κ1) is 24.2. The Balaban J connectivity index is -0.000000246. The molecule has 0 atom stereocenters. The van der Waals surface area contributed by atoms with E-state index in [1.54, 1.807) is 11.1 Å². The van der Waals surface area contributed by atoms with Crippen LogP contribution in [0.5, 0.6) is 0 Å². The Morgan fingerprint density at radius 2 is 1.00 bits per heavy atom. The molecule has 1 aliphatic rings. The second-order valence-corrected chi connectivity index (χ2v) is 3.79. The van der Waals surface area contributed by atoms with Crippen molar-refractivity contribution in [3.63, 3.8) is 0 Å². The van der Waals surface area contributed by atoms with Crippen LogP contribution in [0.15, 0.2) is 24.3 Å². The normalized spacial score (nSPS) is 10.6. The Labute approximate surface area is 128 Å². The number of aryl methyl sites for hydroxylation is 2. The first-order valence-corrected chi connectivity index (χ1v) is 8.27. The van der Waals surface area contributed by atoms with E-state index in [1.165, 1.54) is 25.7 Å². The molecule has 2 rings (SSSR count). The van der Waals surface area contributed by atoms with E-state index in [1.807, 2.05) is 41.5 Å². The number of nitrogens with two attached hydrogens (primary N) is 2. The first-order chi connectivity index (χ1) is 9.79. The van der Waals surface area contributed by atoms with E-state index < -0.39 is 0 Å². The van der Waals surface area contributed by atoms with Gasteiger partial charge in [-0.05, 0) is 49.9 Å². The summed E-state index contributed by atoms with van der Waals surface area (Å²) < 4.78 is 0. The minimum absolute atomic E-state index is 0.750. The molecule has 0 heterocycles. The predicted molar refractivity (Wildman–Crippen MR) is 95.2 cm³/mol. The Morgan fingerprint density at radius 1 is 0.750 bits per heavy atom. The van der Waals surface area contributed by atoms with Crippen molar-refractivity contribution in [1.29, 1.82) is 0 Å². The topological polar surface area (TPSA) is 52.0 Å². The maximum Gasteiger partial charge on any atom is -0.0106 e. The van der Waals surface area contributed by atoms with Crippen molar-refractivity contribution in [3.05, 3.63) is 35.4 Å². The summed E-state index contributed by atoms with van der Waals surface area (Å²) in [5.41, 5.74) is 12.8. The summed E-state index contributed by atoms with van der Waals surface area (Å²) >= 11 is 0. The summed E-state index contributed by atoms with van der Waals surface area (Å²) in [4.78, 5) is 0. The summed E-state index contributed by atoms with van der Waals surface area (Å²) in [5, 5.41) is 0. The highest BCUT2D eigenvalue weighted by Crippen LogP contribution is 2.19. The van der Waals surface area contributed by atoms with Crippen molar-refractivity contribution in [2.75, 3.05) is 13.1 Å². The lowest BCUT2D eigenvalue weighted by molar-refractivity contribution is 0.685. The molecular formula is C18H38N2. The Bertz CT molecular complexity index is 232. The van der Waals surface area contributed by atoms with Gasteiger partial charge in [0.1, 0.15) is 0 Å². The molecule has 0 fully saturated rings. The zero-order valence-corrected chi connectivity index (χ0v) is 14.7. The molecule has 0 radical (unpaired) electrons. The second kappa shape index (κ2) is 23.2. The van der Waals surface area contributed by atoms with Crippen LogP contribution in [0.25, 0.3) is 0 Å². The summed E-state index contributed by atoms with van der Waals surface area (Å²) in [6.07, 6.45) is 5.38. The first-order valence-electron chi connectivity index (χ1n) is 8.27. The molecule has 0 aromatic heterocycles. The average molecular weight is 283 g/mol. The molecule has 0 bridgehead atoms. The van der Waals surface area contributed by atoms with Crippen LogP contribution in [-0.2, 0) is 12.8 Å². The van der Waals surface area contributed by atoms with Crippen LogP contribution in [0.3, 0.4) is 0 Å². The number of rotatable bonds is 0. The van der Waals surface area contributed by atoms with Crippen molar-refractivity contribution >= 4 is 0 Å². The van der Waals surface area contributed by atoms with Crippen LogP contribution in [0.1, 0.15) is 65.5 Å². The maximum atomic E-state index is 4.85. The van der Waals surface area contributed by atoms with Gasteiger partial charge in [0, 0.05) is 0 Å². The highest BCUT2D eigenvalue weighted by molar-refractivity contribution is 5.28. The molecule has 0 aliphatic heterocycles. The third kappa shape index (κ3) is 15.2. The molecule has 0 amide bonds. The zero-order valence-electron chi connectivity index (χ0n) is 14.7. The van der Waals surface area contributed by atoms with Gasteiger partial charge in [0.15, 0.2) is 0 Å². The molecule has 1 aromatic carbocycles. The van der Waals surface area contributed by atoms with E-state index in [0.717, 1.165) is 13.1 Å². The molecule has 0 unspecified atom stereocenters. The average Bonchev–Trinajstić information content (AvgIpc) is 2.53. The van der Waals surface area contributed by atoms with E-state index in [9.17, 15) is 0 Å². The van der Waals surface area contributed by atoms with Gasteiger partial charge >= 0.3 is 0 Å². The van der Waals surface area contributed by atoms with E-state index in [4.69, 9.17) is 11.5 Å². The fourth-order valence-corrected chi connectivity index (χ4v) is 1.68. The fourth-order valence-electron chi connectivity index (χ4n) is 1.68. The second-order valence-electron chi connectivity index (χ2n) is 3.79. The van der Waals surface area contributed by atoms with Crippen molar-refractivity contribution in [3.8, 4) is 0 Å². The van der Waals surface area contributed by atoms with Crippen molar-refractivity contribution < 1.29 is 0 Å². The van der Waals surface area contributed by atoms with Crippen molar-refractivity contribution in [2.45, 2.75) is 67.2 Å². The number of hydrogen-bond acceptors (Lipinski definition) is 2. The largest absolute Gasteiger partial charge is 0.331 e. The van der Waals surface area contributed by atoms with Crippen molar-refractivity contribution in [2.24, 2.45) is 11.5 Å². The summed E-state index contributed by atoms with van der Waals surface area (Å²) in [7, 11) is 0. The van der Waals surface area contributed by atoms with Gasteiger partial charge in [-0.1, -0.05) is 65.8 Å². The monoisotopic (exact) mass is 282 g/mol. The molecule has 0 spiro atoms. The molecule has 2 nitrogen and oxygen atoms in total. The highest BCUT2D eigenvalue weighted by atomic mass is 14.5. The Morgan fingerprint density at radius 3 is 1.25 bits per heavy atom. The summed E-state index contributed by atoms with van der Waals surface area (Å²) in [6.45, 7) is 13.3. The number of hydrogen-bond donors (Lipinski definition) is 2. The van der Waals surface area contributed by atoms with Crippen molar-refractivity contribution in [1.82, 2.24) is 0 Å². The van der Waals surface area contributed by atoms with E-state index >= 15 is 0 Å². The Kier molecular flexibility index (Phi) is 28.1. The third-order valence-corrected chi connectivity index (χ3v) is 2.26. The lowest BCUT2D eigenvalue weighted by atomic mass is 9.92. The summed E-state index contributed by atoms with van der Waals surface area (Å²) in [6, 6.07) is 8.80. The molecule has 0 saturated carbocycles. The smallest absolute Gasteiger partial charge is 0.0106 e. The van der Waals surface area contributed by atoms with Gasteiger partial charge in [0.05, 0.1) is 0 Å². The van der Waals surface area contributed by atoms with Gasteiger partial charge in [-0.15, -0.1) is 0 Å². The lowest BCUT2D eigenvalue weighted by Gasteiger charge is -2.13. The van der Waals surface area contributed by atoms with E-state index in [2.05, 4.69) is 24.3 Å². The predicted octanol–water partition coefficient (Wildman–Crippen LogP) is 4.55. The standard InChI is InChI=1S/C10H12.2C2H7N.2C2H6/c1-2-6-10-8-4-3-7-9(10)5-1;2*1-2-3;2*1-2/h1-2,5-6H,3-4,7-8H2;2*2-3H2,1H3;2*1-2H3. The SMILES string of the molecule is CC.CC.CCN.CCN.c1ccc2c(c1)CCCC2. The Hall–Kier alpha value is -0.860. The zero-order chi connectivity index (χ0) is 16.2.